The van der Waals surface area contributed by atoms with Crippen molar-refractivity contribution in [3.8, 4) is 11.4 Å². The molecule has 0 aromatic carbocycles. The Labute approximate surface area is 155 Å². The van der Waals surface area contributed by atoms with Gasteiger partial charge in [0.1, 0.15) is 5.82 Å². The molecule has 9 heteroatoms. The van der Waals surface area contributed by atoms with Crippen molar-refractivity contribution in [2.45, 2.75) is 6.04 Å². The fraction of sp³-hybridized carbons (Fsp3) is 0.222. The Hall–Kier alpha value is -3.62. The highest BCUT2D eigenvalue weighted by molar-refractivity contribution is 5.59. The van der Waals surface area contributed by atoms with Crippen LogP contribution in [-0.2, 0) is 0 Å². The van der Waals surface area contributed by atoms with Crippen LogP contribution < -0.4 is 9.80 Å². The Morgan fingerprint density at radius 1 is 1.00 bits per heavy atom. The van der Waals surface area contributed by atoms with Gasteiger partial charge >= 0.3 is 0 Å². The first-order chi connectivity index (χ1) is 13.3. The van der Waals surface area contributed by atoms with Gasteiger partial charge in [-0.3, -0.25) is 4.98 Å². The van der Waals surface area contributed by atoms with Crippen molar-refractivity contribution < 1.29 is 0 Å². The molecule has 27 heavy (non-hydrogen) atoms. The Kier molecular flexibility index (Phi) is 3.63. The zero-order valence-corrected chi connectivity index (χ0v) is 14.7. The molecule has 1 fully saturated rings. The van der Waals surface area contributed by atoms with Crippen LogP contribution in [0.5, 0.6) is 0 Å². The summed E-state index contributed by atoms with van der Waals surface area (Å²) in [6.07, 6.45) is 7.02. The van der Waals surface area contributed by atoms with Crippen molar-refractivity contribution in [3.05, 3.63) is 55.1 Å². The average Bonchev–Trinajstić information content (AvgIpc) is 3.11. The predicted molar refractivity (Wildman–Crippen MR) is 100 cm³/mol. The lowest BCUT2D eigenvalue weighted by atomic mass is 10.1. The summed E-state index contributed by atoms with van der Waals surface area (Å²) >= 11 is 0. The van der Waals surface area contributed by atoms with E-state index in [-0.39, 0.29) is 0 Å². The second kappa shape index (κ2) is 6.27. The Balaban J connectivity index is 1.38. The smallest absolute Gasteiger partial charge is 0.225 e. The van der Waals surface area contributed by atoms with Gasteiger partial charge in [-0.15, -0.1) is 15.3 Å². The highest BCUT2D eigenvalue weighted by Crippen LogP contribution is 2.24. The summed E-state index contributed by atoms with van der Waals surface area (Å²) in [5, 5.41) is 13.2. The van der Waals surface area contributed by atoms with E-state index in [1.807, 2.05) is 37.4 Å². The molecule has 5 heterocycles. The number of pyridine rings is 1. The van der Waals surface area contributed by atoms with E-state index in [0.29, 0.717) is 17.5 Å². The second-order valence-electron chi connectivity index (χ2n) is 6.45. The minimum Gasteiger partial charge on any atom is -0.351 e. The molecule has 0 aliphatic carbocycles. The minimum atomic E-state index is 0.351. The summed E-state index contributed by atoms with van der Waals surface area (Å²) in [4.78, 5) is 17.1. The van der Waals surface area contributed by atoms with Crippen LogP contribution in [0.1, 0.15) is 0 Å². The number of rotatable bonds is 4. The molecule has 0 bridgehead atoms. The van der Waals surface area contributed by atoms with Gasteiger partial charge in [-0.25, -0.2) is 9.97 Å². The van der Waals surface area contributed by atoms with Crippen LogP contribution in [0.15, 0.2) is 55.1 Å². The normalized spacial score (nSPS) is 14.3. The van der Waals surface area contributed by atoms with Crippen LogP contribution in [-0.4, -0.2) is 60.9 Å². The van der Waals surface area contributed by atoms with Crippen LogP contribution in [0.4, 0.5) is 11.8 Å². The monoisotopic (exact) mass is 359 g/mol. The van der Waals surface area contributed by atoms with E-state index < -0.39 is 0 Å². The van der Waals surface area contributed by atoms with Crippen molar-refractivity contribution in [2.24, 2.45) is 0 Å². The van der Waals surface area contributed by atoms with Gasteiger partial charge in [-0.1, -0.05) is 0 Å². The van der Waals surface area contributed by atoms with Crippen molar-refractivity contribution in [1.82, 2.24) is 34.8 Å². The number of fused-ring (bicyclic) bond motifs is 1. The lowest BCUT2D eigenvalue weighted by Crippen LogP contribution is -2.59. The van der Waals surface area contributed by atoms with Gasteiger partial charge in [-0.2, -0.15) is 4.52 Å². The molecule has 0 unspecified atom stereocenters. The second-order valence-corrected chi connectivity index (χ2v) is 6.45. The quantitative estimate of drug-likeness (QED) is 0.539. The molecule has 0 radical (unpaired) electrons. The maximum absolute atomic E-state index is 4.74. The fourth-order valence-corrected chi connectivity index (χ4v) is 3.15. The molecule has 1 saturated heterocycles. The lowest BCUT2D eigenvalue weighted by Gasteiger charge is -2.44. The molecule has 5 rings (SSSR count). The molecule has 0 N–H and O–H groups in total. The third kappa shape index (κ3) is 2.73. The van der Waals surface area contributed by atoms with E-state index in [0.717, 1.165) is 30.4 Å². The Morgan fingerprint density at radius 3 is 2.63 bits per heavy atom. The van der Waals surface area contributed by atoms with E-state index in [9.17, 15) is 0 Å². The van der Waals surface area contributed by atoms with E-state index in [1.165, 1.54) is 0 Å². The molecule has 0 spiro atoms. The van der Waals surface area contributed by atoms with Crippen molar-refractivity contribution >= 4 is 17.4 Å². The first-order valence-electron chi connectivity index (χ1n) is 8.67. The molecule has 1 aliphatic rings. The summed E-state index contributed by atoms with van der Waals surface area (Å²) < 4.78 is 1.77. The van der Waals surface area contributed by atoms with Gasteiger partial charge in [-0.05, 0) is 30.3 Å². The number of anilines is 2. The van der Waals surface area contributed by atoms with Gasteiger partial charge in [0.05, 0.1) is 6.04 Å². The molecule has 4 aromatic rings. The van der Waals surface area contributed by atoms with Gasteiger partial charge in [0.2, 0.25) is 5.95 Å². The number of nitrogens with zero attached hydrogens (tertiary/aromatic N) is 9. The van der Waals surface area contributed by atoms with E-state index >= 15 is 0 Å². The summed E-state index contributed by atoms with van der Waals surface area (Å²) in [5.41, 5.74) is 1.60. The maximum atomic E-state index is 4.74. The van der Waals surface area contributed by atoms with Crippen LogP contribution >= 0.6 is 0 Å². The summed E-state index contributed by atoms with van der Waals surface area (Å²) in [6, 6.07) is 9.92. The maximum Gasteiger partial charge on any atom is 0.225 e. The molecule has 9 nitrogen and oxygen atoms in total. The van der Waals surface area contributed by atoms with Crippen molar-refractivity contribution in [2.75, 3.05) is 29.9 Å². The van der Waals surface area contributed by atoms with Crippen LogP contribution in [0.2, 0.25) is 0 Å². The van der Waals surface area contributed by atoms with Gasteiger partial charge < -0.3 is 9.80 Å². The standard InChI is InChI=1S/C18H17N9/c1-25(18-20-8-3-9-21-18)14-11-26(12-14)16-6-5-15-22-23-17(27(15)24-16)13-4-2-7-19-10-13/h2-10,14H,11-12H2,1H3. The molecular weight excluding hydrogens is 342 g/mol. The van der Waals surface area contributed by atoms with Crippen molar-refractivity contribution in [3.63, 3.8) is 0 Å². The average molecular weight is 359 g/mol. The fourth-order valence-electron chi connectivity index (χ4n) is 3.15. The van der Waals surface area contributed by atoms with Gasteiger partial charge in [0.25, 0.3) is 0 Å². The highest BCUT2D eigenvalue weighted by Gasteiger charge is 2.32. The molecular formula is C18H17N9. The van der Waals surface area contributed by atoms with Crippen LogP contribution in [0.25, 0.3) is 17.0 Å². The van der Waals surface area contributed by atoms with Crippen LogP contribution in [0, 0.1) is 0 Å². The molecule has 1 aliphatic heterocycles. The number of likely N-dealkylation sites (N-methyl/N-ethyl adjacent to an activating group) is 1. The molecule has 134 valence electrons. The number of hydrogen-bond acceptors (Lipinski definition) is 8. The molecule has 0 saturated carbocycles. The minimum absolute atomic E-state index is 0.351. The SMILES string of the molecule is CN(c1ncccn1)C1CN(c2ccc3nnc(-c4cccnc4)n3n2)C1. The highest BCUT2D eigenvalue weighted by atomic mass is 15.4. The lowest BCUT2D eigenvalue weighted by molar-refractivity contribution is 0.484. The summed E-state index contributed by atoms with van der Waals surface area (Å²) in [6.45, 7) is 1.72. The van der Waals surface area contributed by atoms with E-state index in [4.69, 9.17) is 5.10 Å². The molecule has 0 amide bonds. The summed E-state index contributed by atoms with van der Waals surface area (Å²) in [7, 11) is 2.02. The van der Waals surface area contributed by atoms with Gasteiger partial charge in [0.15, 0.2) is 11.5 Å². The third-order valence-electron chi connectivity index (χ3n) is 4.77. The molecule has 0 atom stereocenters. The Morgan fingerprint density at radius 2 is 1.85 bits per heavy atom. The first-order valence-corrected chi connectivity index (χ1v) is 8.67. The first kappa shape index (κ1) is 15.6. The largest absolute Gasteiger partial charge is 0.351 e. The van der Waals surface area contributed by atoms with Crippen LogP contribution in [0.3, 0.4) is 0 Å². The zero-order valence-electron chi connectivity index (χ0n) is 14.7. The molecule has 4 aromatic heterocycles. The van der Waals surface area contributed by atoms with Crippen molar-refractivity contribution in [1.29, 1.82) is 0 Å². The summed E-state index contributed by atoms with van der Waals surface area (Å²) in [5.74, 6) is 2.32. The number of hydrogen-bond donors (Lipinski definition) is 0. The third-order valence-corrected chi connectivity index (χ3v) is 4.77. The topological polar surface area (TPSA) is 88.2 Å². The van der Waals surface area contributed by atoms with Gasteiger partial charge in [0, 0.05) is 50.5 Å². The number of aromatic nitrogens is 7. The van der Waals surface area contributed by atoms with E-state index in [2.05, 4.69) is 34.9 Å². The zero-order chi connectivity index (χ0) is 18.2. The predicted octanol–water partition coefficient (Wildman–Crippen LogP) is 1.30. The Bertz CT molecular complexity index is 1060. The van der Waals surface area contributed by atoms with E-state index in [1.54, 1.807) is 29.3 Å².